The standard InChI is InChI=1S/C13H8Cl2FNO3/c14-9-3-6(4-10(15)12(9)16)17-13(20)8-2-1-7(18)5-11(8)19/h1-5,18-19H,(H,17,20). The summed E-state index contributed by atoms with van der Waals surface area (Å²) in [5.74, 6) is -1.99. The predicted octanol–water partition coefficient (Wildman–Crippen LogP) is 3.80. The van der Waals surface area contributed by atoms with Crippen molar-refractivity contribution in [2.75, 3.05) is 5.32 Å². The molecule has 2 aromatic carbocycles. The van der Waals surface area contributed by atoms with Gasteiger partial charge in [-0.05, 0) is 24.3 Å². The van der Waals surface area contributed by atoms with Crippen LogP contribution < -0.4 is 5.32 Å². The Morgan fingerprint density at radius 2 is 1.70 bits per heavy atom. The first-order valence-electron chi connectivity index (χ1n) is 5.36. The van der Waals surface area contributed by atoms with Crippen molar-refractivity contribution in [1.82, 2.24) is 0 Å². The van der Waals surface area contributed by atoms with Crippen LogP contribution in [0, 0.1) is 5.82 Å². The molecule has 2 aromatic rings. The van der Waals surface area contributed by atoms with Gasteiger partial charge in [0.2, 0.25) is 0 Å². The maximum Gasteiger partial charge on any atom is 0.259 e. The number of phenolic OH excluding ortho intramolecular Hbond substituents is 2. The molecule has 3 N–H and O–H groups in total. The molecule has 0 atom stereocenters. The molecule has 0 saturated carbocycles. The Balaban J connectivity index is 2.28. The summed E-state index contributed by atoms with van der Waals surface area (Å²) in [6, 6.07) is 5.90. The van der Waals surface area contributed by atoms with Crippen LogP contribution in [0.25, 0.3) is 0 Å². The quantitative estimate of drug-likeness (QED) is 0.738. The molecule has 1 amide bonds. The zero-order chi connectivity index (χ0) is 14.9. The van der Waals surface area contributed by atoms with Gasteiger partial charge in [-0.3, -0.25) is 4.79 Å². The molecule has 0 unspecified atom stereocenters. The highest BCUT2D eigenvalue weighted by Crippen LogP contribution is 2.28. The SMILES string of the molecule is O=C(Nc1cc(Cl)c(F)c(Cl)c1)c1ccc(O)cc1O. The van der Waals surface area contributed by atoms with Crippen molar-refractivity contribution in [3.05, 3.63) is 51.8 Å². The van der Waals surface area contributed by atoms with Crippen LogP contribution in [-0.2, 0) is 0 Å². The van der Waals surface area contributed by atoms with E-state index in [2.05, 4.69) is 5.32 Å². The normalized spacial score (nSPS) is 10.3. The third kappa shape index (κ3) is 2.95. The van der Waals surface area contributed by atoms with E-state index in [9.17, 15) is 14.3 Å². The van der Waals surface area contributed by atoms with Gasteiger partial charge in [-0.1, -0.05) is 23.2 Å². The zero-order valence-corrected chi connectivity index (χ0v) is 11.3. The Labute approximate surface area is 123 Å². The number of benzene rings is 2. The first-order chi connectivity index (χ1) is 9.38. The highest BCUT2D eigenvalue weighted by molar-refractivity contribution is 6.35. The average molecular weight is 316 g/mol. The van der Waals surface area contributed by atoms with E-state index in [-0.39, 0.29) is 32.8 Å². The first-order valence-corrected chi connectivity index (χ1v) is 6.12. The summed E-state index contributed by atoms with van der Waals surface area (Å²) >= 11 is 11.2. The number of carbonyl (C=O) groups excluding carboxylic acids is 1. The summed E-state index contributed by atoms with van der Waals surface area (Å²) in [6.07, 6.45) is 0. The van der Waals surface area contributed by atoms with Gasteiger partial charge in [0.1, 0.15) is 11.5 Å². The Morgan fingerprint density at radius 1 is 1.10 bits per heavy atom. The molecule has 0 aromatic heterocycles. The lowest BCUT2D eigenvalue weighted by atomic mass is 10.1. The number of hydrogen-bond donors (Lipinski definition) is 3. The van der Waals surface area contributed by atoms with E-state index in [4.69, 9.17) is 28.3 Å². The van der Waals surface area contributed by atoms with E-state index in [0.29, 0.717) is 0 Å². The molecule has 0 aliphatic carbocycles. The molecule has 0 spiro atoms. The van der Waals surface area contributed by atoms with Gasteiger partial charge in [-0.25, -0.2) is 4.39 Å². The van der Waals surface area contributed by atoms with E-state index in [1.165, 1.54) is 24.3 Å². The largest absolute Gasteiger partial charge is 0.508 e. The molecule has 0 fully saturated rings. The summed E-state index contributed by atoms with van der Waals surface area (Å²) in [4.78, 5) is 11.9. The molecule has 0 heterocycles. The predicted molar refractivity (Wildman–Crippen MR) is 74.1 cm³/mol. The van der Waals surface area contributed by atoms with Gasteiger partial charge in [0.05, 0.1) is 15.6 Å². The molecule has 0 bridgehead atoms. The van der Waals surface area contributed by atoms with Gasteiger partial charge in [0.25, 0.3) is 5.91 Å². The van der Waals surface area contributed by atoms with Crippen LogP contribution in [0.5, 0.6) is 11.5 Å². The molecule has 20 heavy (non-hydrogen) atoms. The van der Waals surface area contributed by atoms with Gasteiger partial charge in [-0.2, -0.15) is 0 Å². The van der Waals surface area contributed by atoms with Crippen molar-refractivity contribution >= 4 is 34.8 Å². The van der Waals surface area contributed by atoms with Crippen LogP contribution in [-0.4, -0.2) is 16.1 Å². The highest BCUT2D eigenvalue weighted by Gasteiger charge is 2.14. The Hall–Kier alpha value is -1.98. The van der Waals surface area contributed by atoms with E-state index in [1.54, 1.807) is 0 Å². The molecule has 0 aliphatic heterocycles. The van der Waals surface area contributed by atoms with Crippen molar-refractivity contribution in [2.24, 2.45) is 0 Å². The van der Waals surface area contributed by atoms with Crippen LogP contribution >= 0.6 is 23.2 Å². The lowest BCUT2D eigenvalue weighted by Crippen LogP contribution is -2.12. The lowest BCUT2D eigenvalue weighted by Gasteiger charge is -2.08. The van der Waals surface area contributed by atoms with Gasteiger partial charge in [0.15, 0.2) is 5.82 Å². The maximum atomic E-state index is 13.2. The number of rotatable bonds is 2. The number of carbonyl (C=O) groups is 1. The smallest absolute Gasteiger partial charge is 0.259 e. The topological polar surface area (TPSA) is 69.6 Å². The van der Waals surface area contributed by atoms with E-state index >= 15 is 0 Å². The maximum absolute atomic E-state index is 13.2. The van der Waals surface area contributed by atoms with Gasteiger partial charge < -0.3 is 15.5 Å². The Kier molecular flexibility index (Phi) is 4.01. The Morgan fingerprint density at radius 3 is 2.25 bits per heavy atom. The molecule has 104 valence electrons. The molecule has 4 nitrogen and oxygen atoms in total. The summed E-state index contributed by atoms with van der Waals surface area (Å²) in [6.45, 7) is 0. The number of hydrogen-bond acceptors (Lipinski definition) is 3. The van der Waals surface area contributed by atoms with Crippen LogP contribution in [0.1, 0.15) is 10.4 Å². The lowest BCUT2D eigenvalue weighted by molar-refractivity contribution is 0.102. The summed E-state index contributed by atoms with van der Waals surface area (Å²) in [5, 5.41) is 20.6. The third-order valence-electron chi connectivity index (χ3n) is 2.47. The molecule has 0 radical (unpaired) electrons. The second kappa shape index (κ2) is 5.56. The summed E-state index contributed by atoms with van der Waals surface area (Å²) in [7, 11) is 0. The minimum Gasteiger partial charge on any atom is -0.508 e. The van der Waals surface area contributed by atoms with Crippen LogP contribution in [0.3, 0.4) is 0 Å². The van der Waals surface area contributed by atoms with Crippen LogP contribution in [0.15, 0.2) is 30.3 Å². The van der Waals surface area contributed by atoms with Crippen molar-refractivity contribution in [2.45, 2.75) is 0 Å². The second-order valence-electron chi connectivity index (χ2n) is 3.91. The number of amides is 1. The molecule has 0 saturated heterocycles. The zero-order valence-electron chi connectivity index (χ0n) is 9.82. The molecule has 7 heteroatoms. The monoisotopic (exact) mass is 315 g/mol. The van der Waals surface area contributed by atoms with E-state index in [0.717, 1.165) is 6.07 Å². The van der Waals surface area contributed by atoms with E-state index < -0.39 is 11.7 Å². The number of aromatic hydroxyl groups is 2. The van der Waals surface area contributed by atoms with Crippen LogP contribution in [0.2, 0.25) is 10.0 Å². The minimum atomic E-state index is -0.779. The number of phenols is 2. The number of anilines is 1. The van der Waals surface area contributed by atoms with Crippen molar-refractivity contribution in [3.8, 4) is 11.5 Å². The fourth-order valence-corrected chi connectivity index (χ4v) is 2.03. The third-order valence-corrected chi connectivity index (χ3v) is 3.02. The van der Waals surface area contributed by atoms with Crippen molar-refractivity contribution in [1.29, 1.82) is 0 Å². The minimum absolute atomic E-state index is 0.0561. The second-order valence-corrected chi connectivity index (χ2v) is 4.72. The van der Waals surface area contributed by atoms with Crippen molar-refractivity contribution < 1.29 is 19.4 Å². The molecule has 2 rings (SSSR count). The number of nitrogens with one attached hydrogen (secondary N) is 1. The first kappa shape index (κ1) is 14.4. The van der Waals surface area contributed by atoms with Gasteiger partial charge in [-0.15, -0.1) is 0 Å². The van der Waals surface area contributed by atoms with Crippen molar-refractivity contribution in [3.63, 3.8) is 0 Å². The van der Waals surface area contributed by atoms with Crippen LogP contribution in [0.4, 0.5) is 10.1 Å². The Bertz CT molecular complexity index is 668. The number of halogens is 3. The average Bonchev–Trinajstić information content (AvgIpc) is 2.35. The van der Waals surface area contributed by atoms with Gasteiger partial charge in [0, 0.05) is 11.8 Å². The molecular weight excluding hydrogens is 308 g/mol. The fraction of sp³-hybridized carbons (Fsp3) is 0. The summed E-state index contributed by atoms with van der Waals surface area (Å²) < 4.78 is 13.2. The fourth-order valence-electron chi connectivity index (χ4n) is 1.54. The van der Waals surface area contributed by atoms with Gasteiger partial charge >= 0.3 is 0 Å². The molecular formula is C13H8Cl2FNO3. The highest BCUT2D eigenvalue weighted by atomic mass is 35.5. The summed E-state index contributed by atoms with van der Waals surface area (Å²) in [5.41, 5.74) is 0.123. The molecule has 0 aliphatic rings. The van der Waals surface area contributed by atoms with E-state index in [1.807, 2.05) is 0 Å².